The number of carbonyl (C=O) groups is 1. The Labute approximate surface area is 122 Å². The molecule has 1 unspecified atom stereocenters. The lowest BCUT2D eigenvalue weighted by molar-refractivity contribution is -0.118. The molecular formula is C16H16N4O. The molecule has 106 valence electrons. The van der Waals surface area contributed by atoms with Crippen molar-refractivity contribution in [1.29, 1.82) is 0 Å². The predicted molar refractivity (Wildman–Crippen MR) is 80.4 cm³/mol. The van der Waals surface area contributed by atoms with Crippen LogP contribution < -0.4 is 0 Å². The van der Waals surface area contributed by atoms with Crippen LogP contribution >= 0.6 is 0 Å². The molecule has 0 spiro atoms. The van der Waals surface area contributed by atoms with E-state index in [4.69, 9.17) is 0 Å². The van der Waals surface area contributed by atoms with E-state index in [1.165, 1.54) is 6.33 Å². The number of hydrogen-bond acceptors (Lipinski definition) is 4. The van der Waals surface area contributed by atoms with Crippen molar-refractivity contribution < 1.29 is 4.79 Å². The normalized spacial score (nSPS) is 12.5. The first-order chi connectivity index (χ1) is 10.2. The number of para-hydroxylation sites is 1. The summed E-state index contributed by atoms with van der Waals surface area (Å²) >= 11 is 0. The maximum atomic E-state index is 11.8. The third-order valence-electron chi connectivity index (χ3n) is 3.63. The average molecular weight is 280 g/mol. The van der Waals surface area contributed by atoms with Crippen LogP contribution in [0.4, 0.5) is 0 Å². The molecule has 3 rings (SSSR count). The lowest BCUT2D eigenvalue weighted by Gasteiger charge is -2.11. The van der Waals surface area contributed by atoms with E-state index in [1.807, 2.05) is 37.3 Å². The highest BCUT2D eigenvalue weighted by Crippen LogP contribution is 2.26. The van der Waals surface area contributed by atoms with Crippen LogP contribution in [-0.4, -0.2) is 25.5 Å². The third kappa shape index (κ3) is 2.31. The van der Waals surface area contributed by atoms with Gasteiger partial charge in [-0.15, -0.1) is 0 Å². The second-order valence-electron chi connectivity index (χ2n) is 4.96. The number of fused-ring (bicyclic) bond motifs is 1. The monoisotopic (exact) mass is 280 g/mol. The number of hydrogen-bond donors (Lipinski definition) is 0. The van der Waals surface area contributed by atoms with Gasteiger partial charge in [0.15, 0.2) is 5.65 Å². The van der Waals surface area contributed by atoms with Crippen LogP contribution in [0.15, 0.2) is 42.9 Å². The first kappa shape index (κ1) is 13.4. The van der Waals surface area contributed by atoms with Crippen molar-refractivity contribution in [2.75, 3.05) is 0 Å². The van der Waals surface area contributed by atoms with Crippen molar-refractivity contribution in [1.82, 2.24) is 19.7 Å². The minimum absolute atomic E-state index is 0.116. The van der Waals surface area contributed by atoms with Crippen LogP contribution in [-0.2, 0) is 4.79 Å². The maximum absolute atomic E-state index is 11.8. The van der Waals surface area contributed by atoms with Gasteiger partial charge >= 0.3 is 0 Å². The minimum atomic E-state index is -0.205. The molecule has 0 aliphatic carbocycles. The first-order valence-corrected chi connectivity index (χ1v) is 6.97. The van der Waals surface area contributed by atoms with Gasteiger partial charge < -0.3 is 0 Å². The van der Waals surface area contributed by atoms with Gasteiger partial charge in [-0.05, 0) is 25.5 Å². The van der Waals surface area contributed by atoms with E-state index in [2.05, 4.69) is 15.1 Å². The third-order valence-corrected chi connectivity index (χ3v) is 3.63. The fraction of sp³-hybridized carbons (Fsp3) is 0.250. The van der Waals surface area contributed by atoms with Gasteiger partial charge in [0.25, 0.3) is 0 Å². The van der Waals surface area contributed by atoms with Gasteiger partial charge in [0.05, 0.1) is 28.9 Å². The summed E-state index contributed by atoms with van der Waals surface area (Å²) in [7, 11) is 0. The molecule has 5 heteroatoms. The Kier molecular flexibility index (Phi) is 3.48. The van der Waals surface area contributed by atoms with E-state index in [1.54, 1.807) is 17.8 Å². The van der Waals surface area contributed by atoms with E-state index < -0.39 is 0 Å². The Morgan fingerprint density at radius 2 is 2.00 bits per heavy atom. The zero-order valence-electron chi connectivity index (χ0n) is 12.0. The molecule has 0 N–H and O–H groups in total. The lowest BCUT2D eigenvalue weighted by atomic mass is 9.96. The molecule has 21 heavy (non-hydrogen) atoms. The summed E-state index contributed by atoms with van der Waals surface area (Å²) in [6, 6.07) is 9.80. The van der Waals surface area contributed by atoms with Crippen molar-refractivity contribution in [3.8, 4) is 5.69 Å². The molecule has 0 amide bonds. The molecule has 1 atom stereocenters. The smallest absolute Gasteiger partial charge is 0.166 e. The summed E-state index contributed by atoms with van der Waals surface area (Å²) in [6.07, 6.45) is 3.96. The number of rotatable bonds is 4. The SMILES string of the molecule is CCC(C(C)=O)c1ncnc2c1cnn2-c1ccccc1. The summed E-state index contributed by atoms with van der Waals surface area (Å²) in [5.41, 5.74) is 2.43. The Hall–Kier alpha value is -2.56. The van der Waals surface area contributed by atoms with Gasteiger partial charge in [0.2, 0.25) is 0 Å². The predicted octanol–water partition coefficient (Wildman–Crippen LogP) is 2.90. The molecule has 0 saturated heterocycles. The summed E-state index contributed by atoms with van der Waals surface area (Å²) in [5.74, 6) is -0.0890. The van der Waals surface area contributed by atoms with Crippen LogP contribution in [0.5, 0.6) is 0 Å². The Morgan fingerprint density at radius 3 is 2.67 bits per heavy atom. The molecule has 0 saturated carbocycles. The van der Waals surface area contributed by atoms with Crippen molar-refractivity contribution in [2.45, 2.75) is 26.2 Å². The fourth-order valence-electron chi connectivity index (χ4n) is 2.57. The highest BCUT2D eigenvalue weighted by atomic mass is 16.1. The van der Waals surface area contributed by atoms with Gasteiger partial charge in [0.1, 0.15) is 12.1 Å². The van der Waals surface area contributed by atoms with E-state index in [0.717, 1.165) is 28.8 Å². The Morgan fingerprint density at radius 1 is 1.24 bits per heavy atom. The number of aromatic nitrogens is 4. The number of carbonyl (C=O) groups excluding carboxylic acids is 1. The molecule has 0 fully saturated rings. The van der Waals surface area contributed by atoms with Gasteiger partial charge in [0, 0.05) is 0 Å². The standard InChI is InChI=1S/C16H16N4O/c1-3-13(11(2)21)15-14-9-19-20(16(14)18-10-17-15)12-7-5-4-6-8-12/h4-10,13H,3H2,1-2H3. The molecule has 0 aliphatic heterocycles. The summed E-state index contributed by atoms with van der Waals surface area (Å²) < 4.78 is 1.77. The van der Waals surface area contributed by atoms with Crippen LogP contribution in [0, 0.1) is 0 Å². The second-order valence-corrected chi connectivity index (χ2v) is 4.96. The van der Waals surface area contributed by atoms with Gasteiger partial charge in [-0.1, -0.05) is 25.1 Å². The average Bonchev–Trinajstić information content (AvgIpc) is 2.93. The molecule has 0 aliphatic rings. The van der Waals surface area contributed by atoms with Crippen molar-refractivity contribution in [3.63, 3.8) is 0 Å². The van der Waals surface area contributed by atoms with Gasteiger partial charge in [-0.3, -0.25) is 4.79 Å². The second kappa shape index (κ2) is 5.44. The molecule has 0 radical (unpaired) electrons. The molecule has 2 aromatic heterocycles. The minimum Gasteiger partial charge on any atom is -0.299 e. The molecule has 5 nitrogen and oxygen atoms in total. The number of benzene rings is 1. The lowest BCUT2D eigenvalue weighted by Crippen LogP contribution is -2.10. The van der Waals surface area contributed by atoms with Crippen LogP contribution in [0.2, 0.25) is 0 Å². The maximum Gasteiger partial charge on any atom is 0.166 e. The van der Waals surface area contributed by atoms with Crippen molar-refractivity contribution in [2.24, 2.45) is 0 Å². The quantitative estimate of drug-likeness (QED) is 0.737. The number of nitrogens with zero attached hydrogens (tertiary/aromatic N) is 4. The zero-order chi connectivity index (χ0) is 14.8. The fourth-order valence-corrected chi connectivity index (χ4v) is 2.57. The molecule has 0 bridgehead atoms. The van der Waals surface area contributed by atoms with Crippen LogP contribution in [0.25, 0.3) is 16.7 Å². The molecule has 3 aromatic rings. The van der Waals surface area contributed by atoms with Crippen LogP contribution in [0.1, 0.15) is 31.9 Å². The van der Waals surface area contributed by atoms with Crippen molar-refractivity contribution >= 4 is 16.8 Å². The summed E-state index contributed by atoms with van der Waals surface area (Å²) in [4.78, 5) is 20.5. The van der Waals surface area contributed by atoms with Gasteiger partial charge in [-0.2, -0.15) is 5.10 Å². The zero-order valence-corrected chi connectivity index (χ0v) is 12.0. The summed E-state index contributed by atoms with van der Waals surface area (Å²) in [5, 5.41) is 5.24. The topological polar surface area (TPSA) is 60.7 Å². The highest BCUT2D eigenvalue weighted by Gasteiger charge is 2.21. The van der Waals surface area contributed by atoms with E-state index in [-0.39, 0.29) is 11.7 Å². The Bertz CT molecular complexity index is 779. The first-order valence-electron chi connectivity index (χ1n) is 6.97. The van der Waals surface area contributed by atoms with Crippen molar-refractivity contribution in [3.05, 3.63) is 48.5 Å². The van der Waals surface area contributed by atoms with E-state index in [0.29, 0.717) is 0 Å². The van der Waals surface area contributed by atoms with Crippen LogP contribution in [0.3, 0.4) is 0 Å². The number of ketones is 1. The largest absolute Gasteiger partial charge is 0.299 e. The number of Topliss-reactive ketones (excluding diaryl/α,β-unsaturated/α-hetero) is 1. The highest BCUT2D eigenvalue weighted by molar-refractivity contribution is 5.89. The van der Waals surface area contributed by atoms with Gasteiger partial charge in [-0.25, -0.2) is 14.6 Å². The van der Waals surface area contributed by atoms with E-state index >= 15 is 0 Å². The molecule has 1 aromatic carbocycles. The van der Waals surface area contributed by atoms with E-state index in [9.17, 15) is 4.79 Å². The molecular weight excluding hydrogens is 264 g/mol. The Balaban J connectivity index is 2.19. The molecule has 2 heterocycles. The summed E-state index contributed by atoms with van der Waals surface area (Å²) in [6.45, 7) is 3.59.